The molecule has 4 rings (SSSR count). The Morgan fingerprint density at radius 1 is 0.906 bits per heavy atom. The van der Waals surface area contributed by atoms with Crippen LogP contribution >= 0.6 is 0 Å². The molecular formula is C27H25N3O2. The lowest BCUT2D eigenvalue weighted by Crippen LogP contribution is -2.12. The number of aromatic hydroxyl groups is 1. The van der Waals surface area contributed by atoms with Crippen LogP contribution in [0.1, 0.15) is 35.7 Å². The van der Waals surface area contributed by atoms with E-state index in [0.717, 1.165) is 30.0 Å². The van der Waals surface area contributed by atoms with Crippen molar-refractivity contribution >= 4 is 33.7 Å². The molecule has 0 radical (unpaired) electrons. The minimum absolute atomic E-state index is 0.149. The third-order valence-corrected chi connectivity index (χ3v) is 5.29. The summed E-state index contributed by atoms with van der Waals surface area (Å²) in [5, 5.41) is 23.9. The van der Waals surface area contributed by atoms with E-state index in [1.54, 1.807) is 18.2 Å². The summed E-state index contributed by atoms with van der Waals surface area (Å²) in [6.07, 6.45) is 3.35. The Bertz CT molecular complexity index is 1250. The number of anilines is 1. The van der Waals surface area contributed by atoms with E-state index < -0.39 is 5.91 Å². The molecule has 0 unspecified atom stereocenters. The molecule has 5 nitrogen and oxygen atoms in total. The van der Waals surface area contributed by atoms with Crippen molar-refractivity contribution < 1.29 is 9.90 Å². The predicted octanol–water partition coefficient (Wildman–Crippen LogP) is 7.56. The Morgan fingerprint density at radius 3 is 2.38 bits per heavy atom. The number of phenolic OH excluding ortho intramolecular Hbond substituents is 1. The molecule has 0 aromatic heterocycles. The predicted molar refractivity (Wildman–Crippen MR) is 129 cm³/mol. The number of carbonyl (C=O) groups excluding carboxylic acids is 1. The number of carbonyl (C=O) groups is 1. The number of unbranched alkanes of at least 4 members (excludes halogenated alkanes) is 1. The molecule has 1 amide bonds. The fourth-order valence-electron chi connectivity index (χ4n) is 3.53. The van der Waals surface area contributed by atoms with Gasteiger partial charge in [-0.1, -0.05) is 67.9 Å². The van der Waals surface area contributed by atoms with Gasteiger partial charge in [0.05, 0.1) is 11.3 Å². The molecule has 0 saturated carbocycles. The molecule has 0 aliphatic carbocycles. The summed E-state index contributed by atoms with van der Waals surface area (Å²) in [4.78, 5) is 12.9. The second-order valence-corrected chi connectivity index (χ2v) is 7.63. The third-order valence-electron chi connectivity index (χ3n) is 5.29. The van der Waals surface area contributed by atoms with Crippen LogP contribution in [0.3, 0.4) is 0 Å². The summed E-state index contributed by atoms with van der Waals surface area (Å²) in [6, 6.07) is 26.2. The maximum absolute atomic E-state index is 12.9. The maximum Gasteiger partial charge on any atom is 0.259 e. The number of nitrogens with one attached hydrogen (secondary N) is 1. The number of azo groups is 1. The van der Waals surface area contributed by atoms with E-state index in [0.29, 0.717) is 11.4 Å². The van der Waals surface area contributed by atoms with Gasteiger partial charge in [0.2, 0.25) is 0 Å². The number of nitrogens with zero attached hydrogens (tertiary/aromatic N) is 2. The van der Waals surface area contributed by atoms with Gasteiger partial charge in [-0.3, -0.25) is 4.79 Å². The monoisotopic (exact) mass is 423 g/mol. The minimum Gasteiger partial charge on any atom is -0.505 e. The fourth-order valence-corrected chi connectivity index (χ4v) is 3.53. The van der Waals surface area contributed by atoms with Crippen molar-refractivity contribution in [3.8, 4) is 5.75 Å². The first-order valence-electron chi connectivity index (χ1n) is 10.8. The standard InChI is InChI=1S/C27H25N3O2/c1-2-3-9-19-14-16-22(17-15-19)29-30-25-23-13-8-7-10-20(23)18-24(26(25)31)27(32)28-21-11-5-4-6-12-21/h4-8,10-18,31H,2-3,9H2,1H3,(H,28,32). The number of fused-ring (bicyclic) bond motifs is 1. The SMILES string of the molecule is CCCCc1ccc(N=Nc2c(O)c(C(=O)Nc3ccccc3)cc3ccccc23)cc1. The first kappa shape index (κ1) is 21.2. The van der Waals surface area contributed by atoms with Gasteiger partial charge in [-0.2, -0.15) is 5.11 Å². The van der Waals surface area contributed by atoms with Crippen molar-refractivity contribution in [1.82, 2.24) is 0 Å². The molecule has 4 aromatic rings. The molecule has 160 valence electrons. The third kappa shape index (κ3) is 4.83. The van der Waals surface area contributed by atoms with Crippen LogP contribution in [0.25, 0.3) is 10.8 Å². The Kier molecular flexibility index (Phi) is 6.56. The first-order valence-corrected chi connectivity index (χ1v) is 10.8. The van der Waals surface area contributed by atoms with Crippen molar-refractivity contribution in [2.75, 3.05) is 5.32 Å². The molecule has 0 saturated heterocycles. The Balaban J connectivity index is 1.68. The highest BCUT2D eigenvalue weighted by atomic mass is 16.3. The highest BCUT2D eigenvalue weighted by Crippen LogP contribution is 2.39. The van der Waals surface area contributed by atoms with Gasteiger partial charge in [0.25, 0.3) is 5.91 Å². The largest absolute Gasteiger partial charge is 0.505 e. The summed E-state index contributed by atoms with van der Waals surface area (Å²) in [5.74, 6) is -0.600. The molecule has 0 atom stereocenters. The van der Waals surface area contributed by atoms with E-state index in [4.69, 9.17) is 0 Å². The van der Waals surface area contributed by atoms with Crippen molar-refractivity contribution in [3.05, 3.63) is 96.1 Å². The Labute approximate surface area is 187 Å². The second kappa shape index (κ2) is 9.88. The number of hydrogen-bond donors (Lipinski definition) is 2. The summed E-state index contributed by atoms with van der Waals surface area (Å²) < 4.78 is 0. The Morgan fingerprint density at radius 2 is 1.62 bits per heavy atom. The van der Waals surface area contributed by atoms with Gasteiger partial charge in [-0.05, 0) is 54.1 Å². The van der Waals surface area contributed by atoms with Gasteiger partial charge in [0, 0.05) is 11.1 Å². The summed E-state index contributed by atoms with van der Waals surface area (Å²) >= 11 is 0. The first-order chi connectivity index (χ1) is 15.7. The highest BCUT2D eigenvalue weighted by Gasteiger charge is 2.18. The average Bonchev–Trinajstić information content (AvgIpc) is 2.83. The van der Waals surface area contributed by atoms with Crippen LogP contribution in [-0.2, 0) is 6.42 Å². The zero-order valence-corrected chi connectivity index (χ0v) is 18.0. The lowest BCUT2D eigenvalue weighted by molar-refractivity contribution is 0.102. The van der Waals surface area contributed by atoms with E-state index >= 15 is 0 Å². The molecule has 0 aliphatic heterocycles. The van der Waals surface area contributed by atoms with E-state index in [1.807, 2.05) is 66.7 Å². The van der Waals surface area contributed by atoms with Gasteiger partial charge in [-0.25, -0.2) is 0 Å². The number of hydrogen-bond acceptors (Lipinski definition) is 4. The van der Waals surface area contributed by atoms with Gasteiger partial charge < -0.3 is 10.4 Å². The van der Waals surface area contributed by atoms with Crippen molar-refractivity contribution in [3.63, 3.8) is 0 Å². The van der Waals surface area contributed by atoms with Gasteiger partial charge >= 0.3 is 0 Å². The molecule has 0 bridgehead atoms. The van der Waals surface area contributed by atoms with Crippen LogP contribution in [0.15, 0.2) is 95.2 Å². The molecule has 5 heteroatoms. The topological polar surface area (TPSA) is 74.0 Å². The van der Waals surface area contributed by atoms with E-state index in [1.165, 1.54) is 5.56 Å². The number of phenols is 1. The van der Waals surface area contributed by atoms with Crippen LogP contribution < -0.4 is 5.32 Å². The number of aryl methyl sites for hydroxylation is 1. The highest BCUT2D eigenvalue weighted by molar-refractivity contribution is 6.11. The smallest absolute Gasteiger partial charge is 0.259 e. The van der Waals surface area contributed by atoms with Crippen LogP contribution in [0, 0.1) is 0 Å². The maximum atomic E-state index is 12.9. The van der Waals surface area contributed by atoms with Crippen LogP contribution in [0.4, 0.5) is 17.1 Å². The average molecular weight is 424 g/mol. The van der Waals surface area contributed by atoms with E-state index in [9.17, 15) is 9.90 Å². The van der Waals surface area contributed by atoms with Crippen molar-refractivity contribution in [2.45, 2.75) is 26.2 Å². The van der Waals surface area contributed by atoms with Gasteiger partial charge in [0.15, 0.2) is 5.75 Å². The van der Waals surface area contributed by atoms with Crippen molar-refractivity contribution in [1.29, 1.82) is 0 Å². The molecular weight excluding hydrogens is 398 g/mol. The molecule has 32 heavy (non-hydrogen) atoms. The normalized spacial score (nSPS) is 11.2. The number of para-hydroxylation sites is 1. The van der Waals surface area contributed by atoms with Crippen LogP contribution in [0.5, 0.6) is 5.75 Å². The molecule has 2 N–H and O–H groups in total. The van der Waals surface area contributed by atoms with Crippen LogP contribution in [-0.4, -0.2) is 11.0 Å². The lowest BCUT2D eigenvalue weighted by Gasteiger charge is -2.11. The number of amides is 1. The summed E-state index contributed by atoms with van der Waals surface area (Å²) in [7, 11) is 0. The summed E-state index contributed by atoms with van der Waals surface area (Å²) in [6.45, 7) is 2.17. The quantitative estimate of drug-likeness (QED) is 0.301. The van der Waals surface area contributed by atoms with Gasteiger partial charge in [0.1, 0.15) is 5.69 Å². The molecule has 4 aromatic carbocycles. The minimum atomic E-state index is -0.406. The summed E-state index contributed by atoms with van der Waals surface area (Å²) in [5.41, 5.74) is 3.02. The zero-order chi connectivity index (χ0) is 22.3. The molecule has 0 heterocycles. The number of rotatable bonds is 7. The molecule has 0 aliphatic rings. The van der Waals surface area contributed by atoms with E-state index in [2.05, 4.69) is 22.5 Å². The second-order valence-electron chi connectivity index (χ2n) is 7.63. The Hall–Kier alpha value is -3.99. The fraction of sp³-hybridized carbons (Fsp3) is 0.148. The lowest BCUT2D eigenvalue weighted by atomic mass is 10.0. The molecule has 0 fully saturated rings. The number of benzene rings is 4. The molecule has 0 spiro atoms. The van der Waals surface area contributed by atoms with E-state index in [-0.39, 0.29) is 17.0 Å². The van der Waals surface area contributed by atoms with Crippen LogP contribution in [0.2, 0.25) is 0 Å². The zero-order valence-electron chi connectivity index (χ0n) is 18.0. The van der Waals surface area contributed by atoms with Crippen molar-refractivity contribution in [2.24, 2.45) is 10.2 Å². The van der Waals surface area contributed by atoms with Gasteiger partial charge in [-0.15, -0.1) is 5.11 Å².